The van der Waals surface area contributed by atoms with E-state index in [0.29, 0.717) is 22.5 Å². The third kappa shape index (κ3) is 2.91. The summed E-state index contributed by atoms with van der Waals surface area (Å²) in [7, 11) is 1.56. The molecule has 1 aromatic heterocycles. The number of aromatic carboxylic acids is 1. The fourth-order valence-electron chi connectivity index (χ4n) is 2.28. The molecule has 6 heteroatoms. The summed E-state index contributed by atoms with van der Waals surface area (Å²) in [6.07, 6.45) is 0. The molecule has 0 spiro atoms. The van der Waals surface area contributed by atoms with Crippen molar-refractivity contribution in [2.45, 2.75) is 6.92 Å². The molecular formula is C17H15N3O3. The van der Waals surface area contributed by atoms with Crippen molar-refractivity contribution >= 4 is 28.5 Å². The lowest BCUT2D eigenvalue weighted by molar-refractivity contribution is 0.0692. The Kier molecular flexibility index (Phi) is 3.80. The number of carboxylic acids is 1. The quantitative estimate of drug-likeness (QED) is 0.768. The van der Waals surface area contributed by atoms with Gasteiger partial charge in [-0.3, -0.25) is 0 Å². The molecule has 2 aromatic carbocycles. The molecule has 0 aliphatic rings. The monoisotopic (exact) mass is 309 g/mol. The number of ether oxygens (including phenoxy) is 1. The summed E-state index contributed by atoms with van der Waals surface area (Å²) in [5.41, 5.74) is 2.67. The zero-order valence-corrected chi connectivity index (χ0v) is 12.7. The van der Waals surface area contributed by atoms with Gasteiger partial charge < -0.3 is 15.2 Å². The lowest BCUT2D eigenvalue weighted by Crippen LogP contribution is -2.09. The summed E-state index contributed by atoms with van der Waals surface area (Å²) >= 11 is 0. The van der Waals surface area contributed by atoms with Crippen LogP contribution in [0.5, 0.6) is 5.75 Å². The highest BCUT2D eigenvalue weighted by atomic mass is 16.5. The van der Waals surface area contributed by atoms with Gasteiger partial charge in [-0.2, -0.15) is 0 Å². The van der Waals surface area contributed by atoms with E-state index in [-0.39, 0.29) is 11.5 Å². The van der Waals surface area contributed by atoms with Gasteiger partial charge in [0, 0.05) is 0 Å². The lowest BCUT2D eigenvalue weighted by atomic mass is 10.2. The largest absolute Gasteiger partial charge is 0.495 e. The van der Waals surface area contributed by atoms with E-state index in [9.17, 15) is 9.90 Å². The first kappa shape index (κ1) is 14.8. The van der Waals surface area contributed by atoms with Crippen molar-refractivity contribution in [1.29, 1.82) is 0 Å². The van der Waals surface area contributed by atoms with Gasteiger partial charge >= 0.3 is 5.97 Å². The van der Waals surface area contributed by atoms with E-state index in [1.165, 1.54) is 0 Å². The number of nitrogens with zero attached hydrogens (tertiary/aromatic N) is 2. The molecular weight excluding hydrogens is 294 g/mol. The number of carbonyl (C=O) groups is 1. The Labute approximate surface area is 132 Å². The number of methoxy groups -OCH3 is 1. The first-order valence-electron chi connectivity index (χ1n) is 7.00. The Morgan fingerprint density at radius 2 is 1.83 bits per heavy atom. The summed E-state index contributed by atoms with van der Waals surface area (Å²) in [5.74, 6) is -0.362. The van der Waals surface area contributed by atoms with E-state index >= 15 is 0 Å². The molecule has 0 amide bonds. The number of rotatable bonds is 4. The lowest BCUT2D eigenvalue weighted by Gasteiger charge is -2.13. The van der Waals surface area contributed by atoms with E-state index in [4.69, 9.17) is 4.74 Å². The number of nitrogens with one attached hydrogen (secondary N) is 1. The standard InChI is InChI=1S/C17H15N3O3/c1-10-7-8-14(23-2)13(9-10)20-16-15(17(21)22)18-11-5-3-4-6-12(11)19-16/h3-9H,1-2H3,(H,19,20)(H,21,22). The van der Waals surface area contributed by atoms with Gasteiger partial charge in [0.25, 0.3) is 0 Å². The van der Waals surface area contributed by atoms with Crippen molar-refractivity contribution in [3.63, 3.8) is 0 Å². The van der Waals surface area contributed by atoms with Crippen LogP contribution in [-0.2, 0) is 0 Å². The molecule has 0 atom stereocenters. The number of aryl methyl sites for hydroxylation is 1. The summed E-state index contributed by atoms with van der Waals surface area (Å²) in [6.45, 7) is 1.94. The molecule has 116 valence electrons. The first-order chi connectivity index (χ1) is 11.1. The van der Waals surface area contributed by atoms with Gasteiger partial charge in [-0.25, -0.2) is 14.8 Å². The number of para-hydroxylation sites is 2. The molecule has 0 radical (unpaired) electrons. The third-order valence-corrected chi connectivity index (χ3v) is 3.38. The Bertz CT molecular complexity index is 893. The highest BCUT2D eigenvalue weighted by Gasteiger charge is 2.17. The number of aromatic nitrogens is 2. The second-order valence-electron chi connectivity index (χ2n) is 5.04. The van der Waals surface area contributed by atoms with Crippen molar-refractivity contribution in [3.05, 3.63) is 53.7 Å². The van der Waals surface area contributed by atoms with E-state index in [1.54, 1.807) is 25.3 Å². The van der Waals surface area contributed by atoms with Crippen molar-refractivity contribution in [1.82, 2.24) is 9.97 Å². The average molecular weight is 309 g/mol. The molecule has 0 aliphatic carbocycles. The molecule has 3 rings (SSSR count). The molecule has 6 nitrogen and oxygen atoms in total. The van der Waals surface area contributed by atoms with Crippen LogP contribution < -0.4 is 10.1 Å². The van der Waals surface area contributed by atoms with Gasteiger partial charge in [0.2, 0.25) is 0 Å². The first-order valence-corrected chi connectivity index (χ1v) is 7.00. The molecule has 0 aliphatic heterocycles. The Hall–Kier alpha value is -3.15. The van der Waals surface area contributed by atoms with Crippen molar-refractivity contribution in [2.75, 3.05) is 12.4 Å². The van der Waals surface area contributed by atoms with Crippen LogP contribution in [0.25, 0.3) is 11.0 Å². The number of hydrogen-bond donors (Lipinski definition) is 2. The van der Waals surface area contributed by atoms with Crippen molar-refractivity contribution < 1.29 is 14.6 Å². The minimum Gasteiger partial charge on any atom is -0.495 e. The fourth-order valence-corrected chi connectivity index (χ4v) is 2.28. The molecule has 23 heavy (non-hydrogen) atoms. The van der Waals surface area contributed by atoms with Gasteiger partial charge in [0.15, 0.2) is 11.5 Å². The Balaban J connectivity index is 2.13. The maximum absolute atomic E-state index is 11.5. The maximum atomic E-state index is 11.5. The molecule has 3 aromatic rings. The summed E-state index contributed by atoms with van der Waals surface area (Å²) in [5, 5.41) is 12.4. The predicted octanol–water partition coefficient (Wildman–Crippen LogP) is 3.39. The summed E-state index contributed by atoms with van der Waals surface area (Å²) < 4.78 is 5.30. The Morgan fingerprint density at radius 1 is 1.13 bits per heavy atom. The SMILES string of the molecule is COc1ccc(C)cc1Nc1nc2ccccc2nc1C(=O)O. The van der Waals surface area contributed by atoms with Crippen LogP contribution in [-0.4, -0.2) is 28.2 Å². The van der Waals surface area contributed by atoms with Crippen LogP contribution in [0.4, 0.5) is 11.5 Å². The average Bonchev–Trinajstić information content (AvgIpc) is 2.54. The van der Waals surface area contributed by atoms with Gasteiger partial charge in [-0.05, 0) is 36.8 Å². The molecule has 1 heterocycles. The second-order valence-corrected chi connectivity index (χ2v) is 5.04. The Morgan fingerprint density at radius 3 is 2.48 bits per heavy atom. The van der Waals surface area contributed by atoms with E-state index < -0.39 is 5.97 Å². The third-order valence-electron chi connectivity index (χ3n) is 3.38. The molecule has 0 saturated heterocycles. The summed E-state index contributed by atoms with van der Waals surface area (Å²) in [4.78, 5) is 20.1. The smallest absolute Gasteiger partial charge is 0.358 e. The summed E-state index contributed by atoms with van der Waals surface area (Å²) in [6, 6.07) is 12.7. The van der Waals surface area contributed by atoms with E-state index in [1.807, 2.05) is 31.2 Å². The number of benzene rings is 2. The minimum absolute atomic E-state index is 0.132. The van der Waals surface area contributed by atoms with E-state index in [0.717, 1.165) is 5.56 Å². The van der Waals surface area contributed by atoms with Crippen LogP contribution in [0, 0.1) is 6.92 Å². The van der Waals surface area contributed by atoms with Crippen molar-refractivity contribution in [3.8, 4) is 5.75 Å². The van der Waals surface area contributed by atoms with Gasteiger partial charge in [0.1, 0.15) is 5.75 Å². The zero-order chi connectivity index (χ0) is 16.4. The topological polar surface area (TPSA) is 84.3 Å². The van der Waals surface area contributed by atoms with Gasteiger partial charge in [-0.1, -0.05) is 18.2 Å². The molecule has 0 saturated carbocycles. The van der Waals surface area contributed by atoms with Gasteiger partial charge in [-0.15, -0.1) is 0 Å². The second kappa shape index (κ2) is 5.92. The number of carboxylic acid groups (broad SMARTS) is 1. The number of anilines is 2. The highest BCUT2D eigenvalue weighted by Crippen LogP contribution is 2.29. The highest BCUT2D eigenvalue weighted by molar-refractivity contribution is 5.95. The zero-order valence-electron chi connectivity index (χ0n) is 12.7. The maximum Gasteiger partial charge on any atom is 0.358 e. The van der Waals surface area contributed by atoms with Crippen LogP contribution in [0.3, 0.4) is 0 Å². The number of fused-ring (bicyclic) bond motifs is 1. The molecule has 0 fully saturated rings. The normalized spacial score (nSPS) is 10.5. The van der Waals surface area contributed by atoms with Crippen molar-refractivity contribution in [2.24, 2.45) is 0 Å². The predicted molar refractivity (Wildman–Crippen MR) is 87.5 cm³/mol. The van der Waals surface area contributed by atoms with Gasteiger partial charge in [0.05, 0.1) is 23.8 Å². The molecule has 0 bridgehead atoms. The number of hydrogen-bond acceptors (Lipinski definition) is 5. The van der Waals surface area contributed by atoms with Crippen LogP contribution in [0.15, 0.2) is 42.5 Å². The molecule has 2 N–H and O–H groups in total. The van der Waals surface area contributed by atoms with Crippen LogP contribution >= 0.6 is 0 Å². The van der Waals surface area contributed by atoms with E-state index in [2.05, 4.69) is 15.3 Å². The fraction of sp³-hybridized carbons (Fsp3) is 0.118. The van der Waals surface area contributed by atoms with Crippen LogP contribution in [0.2, 0.25) is 0 Å². The molecule has 0 unspecified atom stereocenters. The minimum atomic E-state index is -1.14. The van der Waals surface area contributed by atoms with Crippen LogP contribution in [0.1, 0.15) is 16.1 Å².